The first-order valence-corrected chi connectivity index (χ1v) is 6.04. The Morgan fingerprint density at radius 1 is 1.00 bits per heavy atom. The van der Waals surface area contributed by atoms with Gasteiger partial charge in [-0.2, -0.15) is 13.2 Å². The third-order valence-electron chi connectivity index (χ3n) is 3.69. The number of hydrogen-bond acceptors (Lipinski definition) is 1. The molecule has 1 atom stereocenters. The number of rotatable bonds is 4. The molecule has 1 aromatic rings. The van der Waals surface area contributed by atoms with Gasteiger partial charge in [-0.1, -0.05) is 45.0 Å². The van der Waals surface area contributed by atoms with Crippen LogP contribution < -0.4 is 0 Å². The van der Waals surface area contributed by atoms with Crippen molar-refractivity contribution in [2.24, 2.45) is 0 Å². The lowest BCUT2D eigenvalue weighted by Gasteiger charge is -2.29. The van der Waals surface area contributed by atoms with Crippen molar-refractivity contribution in [3.63, 3.8) is 0 Å². The van der Waals surface area contributed by atoms with E-state index in [1.54, 1.807) is 0 Å². The van der Waals surface area contributed by atoms with Crippen LogP contribution in [0.5, 0.6) is 0 Å². The second-order valence-electron chi connectivity index (χ2n) is 5.31. The molecule has 19 heavy (non-hydrogen) atoms. The first kappa shape index (κ1) is 16.0. The standard InChI is InChI=1S/C14H18F4O/c1-4-12(2,3)10-5-7-11(8-6-10)13(19,9-15)14(16,17)18/h5-8,19H,4,9H2,1-3H3. The van der Waals surface area contributed by atoms with Gasteiger partial charge in [0.2, 0.25) is 5.60 Å². The van der Waals surface area contributed by atoms with E-state index < -0.39 is 24.0 Å². The van der Waals surface area contributed by atoms with Crippen LogP contribution in [0.1, 0.15) is 38.3 Å². The van der Waals surface area contributed by atoms with Gasteiger partial charge in [-0.05, 0) is 23.0 Å². The maximum Gasteiger partial charge on any atom is 0.424 e. The molecule has 0 saturated heterocycles. The number of hydrogen-bond donors (Lipinski definition) is 1. The Morgan fingerprint density at radius 3 is 1.74 bits per heavy atom. The molecular formula is C14H18F4O. The number of benzene rings is 1. The molecule has 5 heteroatoms. The Kier molecular flexibility index (Phi) is 4.30. The second-order valence-corrected chi connectivity index (χ2v) is 5.31. The fourth-order valence-electron chi connectivity index (χ4n) is 1.72. The molecule has 1 rings (SSSR count). The van der Waals surface area contributed by atoms with Gasteiger partial charge >= 0.3 is 6.18 Å². The first-order valence-electron chi connectivity index (χ1n) is 6.04. The summed E-state index contributed by atoms with van der Waals surface area (Å²) in [6.45, 7) is 4.01. The Labute approximate surface area is 110 Å². The van der Waals surface area contributed by atoms with Crippen LogP contribution in [0, 0.1) is 0 Å². The summed E-state index contributed by atoms with van der Waals surface area (Å²) in [5.41, 5.74) is -3.23. The number of aliphatic hydroxyl groups is 1. The van der Waals surface area contributed by atoms with Gasteiger partial charge in [-0.25, -0.2) is 4.39 Å². The van der Waals surface area contributed by atoms with Gasteiger partial charge in [0.1, 0.15) is 6.67 Å². The van der Waals surface area contributed by atoms with Crippen molar-refractivity contribution in [3.05, 3.63) is 35.4 Å². The maximum absolute atomic E-state index is 12.7. The zero-order valence-electron chi connectivity index (χ0n) is 11.2. The van der Waals surface area contributed by atoms with Crippen LogP contribution in [0.3, 0.4) is 0 Å². The molecule has 0 spiro atoms. The molecule has 108 valence electrons. The van der Waals surface area contributed by atoms with Crippen LogP contribution in [0.2, 0.25) is 0 Å². The quantitative estimate of drug-likeness (QED) is 0.822. The van der Waals surface area contributed by atoms with Crippen molar-refractivity contribution in [3.8, 4) is 0 Å². The molecule has 1 aromatic carbocycles. The minimum atomic E-state index is -5.04. The molecule has 0 aromatic heterocycles. The van der Waals surface area contributed by atoms with Gasteiger partial charge in [-0.15, -0.1) is 0 Å². The highest BCUT2D eigenvalue weighted by atomic mass is 19.4. The fraction of sp³-hybridized carbons (Fsp3) is 0.571. The zero-order chi connectivity index (χ0) is 14.9. The number of alkyl halides is 4. The molecule has 1 unspecified atom stereocenters. The van der Waals surface area contributed by atoms with Gasteiger partial charge in [0.15, 0.2) is 0 Å². The average molecular weight is 278 g/mol. The first-order chi connectivity index (χ1) is 8.58. The maximum atomic E-state index is 12.7. The van der Waals surface area contributed by atoms with E-state index >= 15 is 0 Å². The van der Waals surface area contributed by atoms with Gasteiger partial charge in [0, 0.05) is 0 Å². The van der Waals surface area contributed by atoms with Gasteiger partial charge in [0.25, 0.3) is 0 Å². The average Bonchev–Trinajstić information content (AvgIpc) is 2.36. The highest BCUT2D eigenvalue weighted by molar-refractivity contribution is 5.32. The predicted octanol–water partition coefficient (Wildman–Crippen LogP) is 4.09. The van der Waals surface area contributed by atoms with Crippen molar-refractivity contribution in [2.45, 2.75) is 44.4 Å². The van der Waals surface area contributed by atoms with Crippen molar-refractivity contribution < 1.29 is 22.7 Å². The minimum Gasteiger partial charge on any atom is -0.374 e. The third-order valence-corrected chi connectivity index (χ3v) is 3.69. The summed E-state index contributed by atoms with van der Waals surface area (Å²) in [6, 6.07) is 5.29. The molecule has 0 heterocycles. The largest absolute Gasteiger partial charge is 0.424 e. The SMILES string of the molecule is CCC(C)(C)c1ccc(C(O)(CF)C(F)(F)F)cc1. The zero-order valence-corrected chi connectivity index (χ0v) is 11.2. The Hall–Kier alpha value is -1.10. The van der Waals surface area contributed by atoms with Crippen molar-refractivity contribution in [2.75, 3.05) is 6.67 Å². The Bertz CT molecular complexity index is 422. The molecule has 1 nitrogen and oxygen atoms in total. The fourth-order valence-corrected chi connectivity index (χ4v) is 1.72. The summed E-state index contributed by atoms with van der Waals surface area (Å²) in [5, 5.41) is 9.48. The summed E-state index contributed by atoms with van der Waals surface area (Å²) < 4.78 is 50.8. The smallest absolute Gasteiger partial charge is 0.374 e. The summed E-state index contributed by atoms with van der Waals surface area (Å²) >= 11 is 0. The molecule has 0 aliphatic heterocycles. The summed E-state index contributed by atoms with van der Waals surface area (Å²) in [7, 11) is 0. The van der Waals surface area contributed by atoms with E-state index in [9.17, 15) is 22.7 Å². The monoisotopic (exact) mass is 278 g/mol. The Balaban J connectivity index is 3.18. The van der Waals surface area contributed by atoms with Crippen LogP contribution in [0.25, 0.3) is 0 Å². The Morgan fingerprint density at radius 2 is 1.42 bits per heavy atom. The number of halogens is 4. The van der Waals surface area contributed by atoms with Gasteiger partial charge in [0.05, 0.1) is 0 Å². The summed E-state index contributed by atoms with van der Waals surface area (Å²) in [5.74, 6) is 0. The molecule has 0 fully saturated rings. The van der Waals surface area contributed by atoms with Gasteiger partial charge in [-0.3, -0.25) is 0 Å². The molecule has 1 N–H and O–H groups in total. The lowest BCUT2D eigenvalue weighted by Crippen LogP contribution is -2.44. The van der Waals surface area contributed by atoms with E-state index in [0.717, 1.165) is 24.1 Å². The third kappa shape index (κ3) is 2.91. The lowest BCUT2D eigenvalue weighted by molar-refractivity contribution is -0.271. The van der Waals surface area contributed by atoms with E-state index in [1.165, 1.54) is 12.1 Å². The predicted molar refractivity (Wildman–Crippen MR) is 65.7 cm³/mol. The van der Waals surface area contributed by atoms with Crippen LogP contribution in [-0.2, 0) is 11.0 Å². The van der Waals surface area contributed by atoms with E-state index in [1.807, 2.05) is 20.8 Å². The lowest BCUT2D eigenvalue weighted by atomic mass is 9.81. The highest BCUT2D eigenvalue weighted by Crippen LogP contribution is 2.40. The van der Waals surface area contributed by atoms with Crippen molar-refractivity contribution in [1.82, 2.24) is 0 Å². The minimum absolute atomic E-state index is 0.176. The summed E-state index contributed by atoms with van der Waals surface area (Å²) in [6.07, 6.45) is -4.22. The molecule has 0 amide bonds. The molecule has 0 aliphatic rings. The van der Waals surface area contributed by atoms with Crippen molar-refractivity contribution >= 4 is 0 Å². The van der Waals surface area contributed by atoms with E-state index in [-0.39, 0.29) is 5.41 Å². The summed E-state index contributed by atoms with van der Waals surface area (Å²) in [4.78, 5) is 0. The van der Waals surface area contributed by atoms with Gasteiger partial charge < -0.3 is 5.11 Å². The van der Waals surface area contributed by atoms with E-state index in [4.69, 9.17) is 0 Å². The highest BCUT2D eigenvalue weighted by Gasteiger charge is 2.55. The van der Waals surface area contributed by atoms with Crippen LogP contribution in [0.15, 0.2) is 24.3 Å². The van der Waals surface area contributed by atoms with E-state index in [2.05, 4.69) is 0 Å². The van der Waals surface area contributed by atoms with Crippen LogP contribution >= 0.6 is 0 Å². The van der Waals surface area contributed by atoms with Crippen molar-refractivity contribution in [1.29, 1.82) is 0 Å². The van der Waals surface area contributed by atoms with E-state index in [0.29, 0.717) is 0 Å². The molecule has 0 radical (unpaired) electrons. The second kappa shape index (κ2) is 5.12. The molecule has 0 bridgehead atoms. The molecule has 0 saturated carbocycles. The normalized spacial score (nSPS) is 16.2. The topological polar surface area (TPSA) is 20.2 Å². The molecular weight excluding hydrogens is 260 g/mol. The van der Waals surface area contributed by atoms with Crippen LogP contribution in [0.4, 0.5) is 17.6 Å². The molecule has 0 aliphatic carbocycles. The van der Waals surface area contributed by atoms with Crippen LogP contribution in [-0.4, -0.2) is 18.0 Å².